The number of piperidine rings is 1. The van der Waals surface area contributed by atoms with Crippen LogP contribution in [0.15, 0.2) is 30.3 Å². The normalized spacial score (nSPS) is 15.7. The maximum absolute atomic E-state index is 12.7. The van der Waals surface area contributed by atoms with Crippen molar-refractivity contribution in [2.24, 2.45) is 7.05 Å². The van der Waals surface area contributed by atoms with Gasteiger partial charge in [0.05, 0.1) is 24.0 Å². The fraction of sp³-hybridized carbons (Fsp3) is 0.444. The van der Waals surface area contributed by atoms with Crippen LogP contribution >= 0.6 is 11.6 Å². The van der Waals surface area contributed by atoms with Crippen molar-refractivity contribution in [3.8, 4) is 0 Å². The summed E-state index contributed by atoms with van der Waals surface area (Å²) in [7, 11) is 1.75. The van der Waals surface area contributed by atoms with Crippen molar-refractivity contribution in [2.75, 3.05) is 13.1 Å². The molecule has 0 aliphatic carbocycles. The number of nitrogens with zero attached hydrogens (tertiary/aromatic N) is 3. The molecule has 0 unspecified atom stereocenters. The Morgan fingerprint density at radius 2 is 1.96 bits per heavy atom. The fourth-order valence-corrected chi connectivity index (χ4v) is 3.30. The first kappa shape index (κ1) is 17.0. The predicted molar refractivity (Wildman–Crippen MR) is 93.1 cm³/mol. The standard InChI is InChI=1S/C18H22ClN3O2/c1-13-16(17(19)21(2)20-13)18(23)22-10-8-15(9-11-22)24-12-14-6-4-3-5-7-14/h3-7,15H,8-12H2,1-2H3. The molecule has 6 heteroatoms. The zero-order chi connectivity index (χ0) is 17.1. The molecule has 1 fully saturated rings. The van der Waals surface area contributed by atoms with Crippen LogP contribution in [0.5, 0.6) is 0 Å². The molecule has 1 saturated heterocycles. The van der Waals surface area contributed by atoms with Crippen LogP contribution in [0.2, 0.25) is 5.15 Å². The summed E-state index contributed by atoms with van der Waals surface area (Å²) in [5.74, 6) is -0.0351. The minimum absolute atomic E-state index is 0.0351. The highest BCUT2D eigenvalue weighted by Gasteiger charge is 2.28. The summed E-state index contributed by atoms with van der Waals surface area (Å²) >= 11 is 6.20. The van der Waals surface area contributed by atoms with E-state index < -0.39 is 0 Å². The lowest BCUT2D eigenvalue weighted by atomic mass is 10.1. The van der Waals surface area contributed by atoms with Gasteiger partial charge in [0.25, 0.3) is 5.91 Å². The number of ether oxygens (including phenoxy) is 1. The number of carbonyl (C=O) groups excluding carboxylic acids is 1. The molecule has 3 rings (SSSR count). The molecule has 1 aliphatic heterocycles. The van der Waals surface area contributed by atoms with Gasteiger partial charge < -0.3 is 9.64 Å². The van der Waals surface area contributed by atoms with Crippen molar-refractivity contribution < 1.29 is 9.53 Å². The molecule has 2 heterocycles. The minimum atomic E-state index is -0.0351. The third kappa shape index (κ3) is 3.62. The lowest BCUT2D eigenvalue weighted by molar-refractivity contribution is -0.000390. The summed E-state index contributed by atoms with van der Waals surface area (Å²) in [5.41, 5.74) is 2.37. The van der Waals surface area contributed by atoms with E-state index in [2.05, 4.69) is 17.2 Å². The van der Waals surface area contributed by atoms with Crippen molar-refractivity contribution in [1.82, 2.24) is 14.7 Å². The first-order valence-corrected chi connectivity index (χ1v) is 8.58. The molecule has 0 bridgehead atoms. The van der Waals surface area contributed by atoms with Crippen molar-refractivity contribution in [3.05, 3.63) is 52.3 Å². The van der Waals surface area contributed by atoms with Crippen LogP contribution in [0, 0.1) is 6.92 Å². The second-order valence-electron chi connectivity index (χ2n) is 6.16. The Bertz CT molecular complexity index is 707. The molecule has 1 aromatic heterocycles. The highest BCUT2D eigenvalue weighted by Crippen LogP contribution is 2.23. The SMILES string of the molecule is Cc1nn(C)c(Cl)c1C(=O)N1CCC(OCc2ccccc2)CC1. The summed E-state index contributed by atoms with van der Waals surface area (Å²) in [6.45, 7) is 3.80. The third-order valence-electron chi connectivity index (χ3n) is 4.42. The summed E-state index contributed by atoms with van der Waals surface area (Å²) < 4.78 is 7.52. The second kappa shape index (κ2) is 7.36. The van der Waals surface area contributed by atoms with E-state index in [0.29, 0.717) is 36.1 Å². The Labute approximate surface area is 147 Å². The molecule has 1 aliphatic rings. The number of benzene rings is 1. The molecule has 128 valence electrons. The summed E-state index contributed by atoms with van der Waals surface area (Å²) in [5, 5.41) is 4.62. The highest BCUT2D eigenvalue weighted by atomic mass is 35.5. The van der Waals surface area contributed by atoms with E-state index in [1.54, 1.807) is 11.7 Å². The predicted octanol–water partition coefficient (Wildman–Crippen LogP) is 3.20. The Morgan fingerprint density at radius 1 is 1.29 bits per heavy atom. The number of carbonyl (C=O) groups is 1. The Kier molecular flexibility index (Phi) is 5.21. The first-order valence-electron chi connectivity index (χ1n) is 8.20. The van der Waals surface area contributed by atoms with Crippen LogP contribution in [0.25, 0.3) is 0 Å². The van der Waals surface area contributed by atoms with Crippen LogP contribution in [-0.2, 0) is 18.4 Å². The van der Waals surface area contributed by atoms with Crippen molar-refractivity contribution in [2.45, 2.75) is 32.5 Å². The van der Waals surface area contributed by atoms with Gasteiger partial charge in [0.1, 0.15) is 5.15 Å². The smallest absolute Gasteiger partial charge is 0.258 e. The Hall–Kier alpha value is -1.85. The van der Waals surface area contributed by atoms with Crippen LogP contribution in [-0.4, -0.2) is 39.8 Å². The van der Waals surface area contributed by atoms with Gasteiger partial charge >= 0.3 is 0 Å². The summed E-state index contributed by atoms with van der Waals surface area (Å²) in [6.07, 6.45) is 1.88. The number of hydrogen-bond acceptors (Lipinski definition) is 3. The second-order valence-corrected chi connectivity index (χ2v) is 6.52. The largest absolute Gasteiger partial charge is 0.373 e. The molecule has 1 amide bonds. The van der Waals surface area contributed by atoms with E-state index in [1.807, 2.05) is 30.0 Å². The van der Waals surface area contributed by atoms with Crippen LogP contribution in [0.3, 0.4) is 0 Å². The average molecular weight is 348 g/mol. The average Bonchev–Trinajstić information content (AvgIpc) is 2.86. The highest BCUT2D eigenvalue weighted by molar-refractivity contribution is 6.33. The molecule has 0 N–H and O–H groups in total. The number of hydrogen-bond donors (Lipinski definition) is 0. The zero-order valence-electron chi connectivity index (χ0n) is 14.0. The van der Waals surface area contributed by atoms with E-state index in [-0.39, 0.29) is 12.0 Å². The molecule has 0 spiro atoms. The van der Waals surface area contributed by atoms with Crippen molar-refractivity contribution >= 4 is 17.5 Å². The first-order chi connectivity index (χ1) is 11.6. The van der Waals surface area contributed by atoms with Crippen molar-refractivity contribution in [3.63, 3.8) is 0 Å². The lowest BCUT2D eigenvalue weighted by Gasteiger charge is -2.32. The van der Waals surface area contributed by atoms with Crippen LogP contribution in [0.1, 0.15) is 34.5 Å². The van der Waals surface area contributed by atoms with Gasteiger partial charge in [-0.25, -0.2) is 0 Å². The van der Waals surface area contributed by atoms with Gasteiger partial charge in [0, 0.05) is 20.1 Å². The van der Waals surface area contributed by atoms with E-state index in [9.17, 15) is 4.79 Å². The number of amides is 1. The van der Waals surface area contributed by atoms with Crippen molar-refractivity contribution in [1.29, 1.82) is 0 Å². The van der Waals surface area contributed by atoms with E-state index >= 15 is 0 Å². The zero-order valence-corrected chi connectivity index (χ0v) is 14.8. The maximum atomic E-state index is 12.7. The van der Waals surface area contributed by atoms with Gasteiger partial charge in [0.2, 0.25) is 0 Å². The topological polar surface area (TPSA) is 47.4 Å². The molecule has 0 atom stereocenters. The van der Waals surface area contributed by atoms with Gasteiger partial charge in [0.15, 0.2) is 0 Å². The Morgan fingerprint density at radius 3 is 2.54 bits per heavy atom. The molecule has 5 nitrogen and oxygen atoms in total. The number of rotatable bonds is 4. The van der Waals surface area contributed by atoms with Gasteiger partial charge in [-0.3, -0.25) is 9.48 Å². The third-order valence-corrected chi connectivity index (χ3v) is 4.86. The van der Waals surface area contributed by atoms with E-state index in [4.69, 9.17) is 16.3 Å². The quantitative estimate of drug-likeness (QED) is 0.853. The van der Waals surface area contributed by atoms with Crippen LogP contribution < -0.4 is 0 Å². The molecule has 0 saturated carbocycles. The lowest BCUT2D eigenvalue weighted by Crippen LogP contribution is -2.41. The number of likely N-dealkylation sites (tertiary alicyclic amines) is 1. The van der Waals surface area contributed by atoms with Gasteiger partial charge in [-0.15, -0.1) is 0 Å². The molecule has 24 heavy (non-hydrogen) atoms. The molecule has 2 aromatic rings. The molecule has 1 aromatic carbocycles. The Balaban J connectivity index is 1.54. The molecular weight excluding hydrogens is 326 g/mol. The number of aromatic nitrogens is 2. The van der Waals surface area contributed by atoms with Gasteiger partial charge in [-0.05, 0) is 25.3 Å². The fourth-order valence-electron chi connectivity index (χ4n) is 3.04. The van der Waals surface area contributed by atoms with E-state index in [1.165, 1.54) is 5.56 Å². The van der Waals surface area contributed by atoms with E-state index in [0.717, 1.165) is 12.8 Å². The summed E-state index contributed by atoms with van der Waals surface area (Å²) in [4.78, 5) is 14.5. The summed E-state index contributed by atoms with van der Waals surface area (Å²) in [6, 6.07) is 10.1. The minimum Gasteiger partial charge on any atom is -0.373 e. The van der Waals surface area contributed by atoms with Gasteiger partial charge in [-0.2, -0.15) is 5.10 Å². The molecule has 0 radical (unpaired) electrons. The van der Waals surface area contributed by atoms with Gasteiger partial charge in [-0.1, -0.05) is 41.9 Å². The maximum Gasteiger partial charge on any atom is 0.258 e. The van der Waals surface area contributed by atoms with Crippen LogP contribution in [0.4, 0.5) is 0 Å². The monoisotopic (exact) mass is 347 g/mol. The molecular formula is C18H22ClN3O2. The number of halogens is 1. The number of aryl methyl sites for hydroxylation is 2.